The summed E-state index contributed by atoms with van der Waals surface area (Å²) in [5.74, 6) is 0. The van der Waals surface area contributed by atoms with Crippen LogP contribution in [0.15, 0.2) is 115 Å². The standard InChI is InChI=1S/C35H29N/c1-34(2,3)23-19-21-24(22-20-23)36-32-18-10-14-28-27-13-6-9-17-31(27)35(33(28)32)29-15-7-4-11-25(29)26-12-5-8-16-30(26)35/h4-22,36H,1-3H3. The van der Waals surface area contributed by atoms with Crippen LogP contribution < -0.4 is 5.32 Å². The van der Waals surface area contributed by atoms with Crippen LogP contribution >= 0.6 is 0 Å². The summed E-state index contributed by atoms with van der Waals surface area (Å²) in [4.78, 5) is 0. The van der Waals surface area contributed by atoms with Gasteiger partial charge in [-0.25, -0.2) is 0 Å². The third-order valence-corrected chi connectivity index (χ3v) is 8.04. The van der Waals surface area contributed by atoms with E-state index >= 15 is 0 Å². The van der Waals surface area contributed by atoms with Crippen molar-refractivity contribution in [1.29, 1.82) is 0 Å². The number of benzene rings is 5. The van der Waals surface area contributed by atoms with E-state index in [1.807, 2.05) is 0 Å². The van der Waals surface area contributed by atoms with Gasteiger partial charge >= 0.3 is 0 Å². The highest BCUT2D eigenvalue weighted by Gasteiger charge is 2.52. The Morgan fingerprint density at radius 1 is 0.500 bits per heavy atom. The molecule has 0 saturated heterocycles. The van der Waals surface area contributed by atoms with Gasteiger partial charge < -0.3 is 5.32 Å². The molecular formula is C35H29N. The van der Waals surface area contributed by atoms with Crippen molar-refractivity contribution in [3.8, 4) is 22.3 Å². The van der Waals surface area contributed by atoms with Crippen LogP contribution in [0.1, 0.15) is 48.6 Å². The van der Waals surface area contributed by atoms with E-state index in [2.05, 4.69) is 141 Å². The molecule has 7 rings (SSSR count). The van der Waals surface area contributed by atoms with Crippen molar-refractivity contribution < 1.29 is 0 Å². The minimum Gasteiger partial charge on any atom is -0.355 e. The molecule has 0 aromatic heterocycles. The molecule has 36 heavy (non-hydrogen) atoms. The molecule has 0 fully saturated rings. The van der Waals surface area contributed by atoms with Gasteiger partial charge in [0.25, 0.3) is 0 Å². The number of hydrogen-bond acceptors (Lipinski definition) is 1. The zero-order valence-corrected chi connectivity index (χ0v) is 21.0. The molecule has 1 nitrogen and oxygen atoms in total. The Morgan fingerprint density at radius 3 is 1.50 bits per heavy atom. The molecule has 1 spiro atoms. The van der Waals surface area contributed by atoms with Crippen molar-refractivity contribution in [2.45, 2.75) is 31.6 Å². The van der Waals surface area contributed by atoms with Gasteiger partial charge in [0, 0.05) is 16.9 Å². The average Bonchev–Trinajstić information content (AvgIpc) is 3.37. The lowest BCUT2D eigenvalue weighted by molar-refractivity contribution is 0.590. The van der Waals surface area contributed by atoms with E-state index in [9.17, 15) is 0 Å². The fourth-order valence-electron chi connectivity index (χ4n) is 6.47. The molecule has 0 unspecified atom stereocenters. The van der Waals surface area contributed by atoms with Crippen LogP contribution in [-0.2, 0) is 10.8 Å². The van der Waals surface area contributed by atoms with Gasteiger partial charge in [0.1, 0.15) is 0 Å². The highest BCUT2D eigenvalue weighted by molar-refractivity contribution is 5.98. The smallest absolute Gasteiger partial charge is 0.0745 e. The van der Waals surface area contributed by atoms with E-state index in [0.717, 1.165) is 5.69 Å². The Hall–Kier alpha value is -4.10. The Balaban J connectivity index is 1.50. The topological polar surface area (TPSA) is 12.0 Å². The van der Waals surface area contributed by atoms with Gasteiger partial charge in [-0.15, -0.1) is 0 Å². The highest BCUT2D eigenvalue weighted by Crippen LogP contribution is 2.64. The van der Waals surface area contributed by atoms with E-state index in [-0.39, 0.29) is 10.8 Å². The Bertz CT molecular complexity index is 1570. The van der Waals surface area contributed by atoms with Crippen molar-refractivity contribution in [2.24, 2.45) is 0 Å². The molecule has 0 radical (unpaired) electrons. The molecule has 0 atom stereocenters. The van der Waals surface area contributed by atoms with Crippen molar-refractivity contribution >= 4 is 11.4 Å². The maximum absolute atomic E-state index is 3.83. The molecule has 2 aliphatic rings. The zero-order valence-electron chi connectivity index (χ0n) is 21.0. The molecule has 5 aromatic rings. The first-order valence-electron chi connectivity index (χ1n) is 12.8. The second kappa shape index (κ2) is 7.45. The van der Waals surface area contributed by atoms with Gasteiger partial charge in [-0.3, -0.25) is 0 Å². The van der Waals surface area contributed by atoms with E-state index in [0.29, 0.717) is 0 Å². The van der Waals surface area contributed by atoms with Crippen LogP contribution in [0.2, 0.25) is 0 Å². The maximum Gasteiger partial charge on any atom is 0.0745 e. The summed E-state index contributed by atoms with van der Waals surface area (Å²) in [7, 11) is 0. The minimum atomic E-state index is -0.339. The van der Waals surface area contributed by atoms with Gasteiger partial charge in [0.15, 0.2) is 0 Å². The van der Waals surface area contributed by atoms with Crippen LogP contribution in [-0.4, -0.2) is 0 Å². The fraction of sp³-hybridized carbons (Fsp3) is 0.143. The fourth-order valence-corrected chi connectivity index (χ4v) is 6.47. The second-order valence-corrected chi connectivity index (χ2v) is 11.1. The molecule has 1 N–H and O–H groups in total. The number of anilines is 2. The van der Waals surface area contributed by atoms with Gasteiger partial charge in [-0.05, 0) is 68.1 Å². The summed E-state index contributed by atoms with van der Waals surface area (Å²) < 4.78 is 0. The monoisotopic (exact) mass is 463 g/mol. The van der Waals surface area contributed by atoms with Crippen molar-refractivity contribution in [1.82, 2.24) is 0 Å². The first-order chi connectivity index (χ1) is 17.5. The summed E-state index contributed by atoms with van der Waals surface area (Å²) >= 11 is 0. The van der Waals surface area contributed by atoms with Crippen LogP contribution in [0, 0.1) is 0 Å². The Morgan fingerprint density at radius 2 is 0.972 bits per heavy atom. The van der Waals surface area contributed by atoms with Crippen molar-refractivity contribution in [2.75, 3.05) is 5.32 Å². The lowest BCUT2D eigenvalue weighted by Gasteiger charge is -2.32. The molecule has 0 bridgehead atoms. The molecule has 0 heterocycles. The third-order valence-electron chi connectivity index (χ3n) is 8.04. The SMILES string of the molecule is CC(C)(C)c1ccc(Nc2cccc3c2C2(c4ccccc4-c4ccccc42)c2ccccc2-3)cc1. The van der Waals surface area contributed by atoms with Crippen molar-refractivity contribution in [3.63, 3.8) is 0 Å². The Kier molecular flexibility index (Phi) is 4.39. The molecular weight excluding hydrogens is 434 g/mol. The quantitative estimate of drug-likeness (QED) is 0.270. The number of hydrogen-bond donors (Lipinski definition) is 1. The molecule has 1 heteroatoms. The number of nitrogens with one attached hydrogen (secondary N) is 1. The zero-order chi connectivity index (χ0) is 24.5. The average molecular weight is 464 g/mol. The lowest BCUT2D eigenvalue weighted by Crippen LogP contribution is -2.26. The van der Waals surface area contributed by atoms with Crippen LogP contribution in [0.5, 0.6) is 0 Å². The van der Waals surface area contributed by atoms with E-state index < -0.39 is 0 Å². The largest absolute Gasteiger partial charge is 0.355 e. The molecule has 0 aliphatic heterocycles. The molecule has 174 valence electrons. The number of rotatable bonds is 2. The molecule has 2 aliphatic carbocycles. The van der Waals surface area contributed by atoms with Gasteiger partial charge in [-0.2, -0.15) is 0 Å². The molecule has 0 saturated carbocycles. The predicted octanol–water partition coefficient (Wildman–Crippen LogP) is 9.07. The summed E-state index contributed by atoms with van der Waals surface area (Å²) in [5, 5.41) is 3.83. The predicted molar refractivity (Wildman–Crippen MR) is 151 cm³/mol. The second-order valence-electron chi connectivity index (χ2n) is 11.1. The summed E-state index contributed by atoms with van der Waals surface area (Å²) in [6.45, 7) is 6.78. The first-order valence-corrected chi connectivity index (χ1v) is 12.8. The van der Waals surface area contributed by atoms with Crippen LogP contribution in [0.25, 0.3) is 22.3 Å². The van der Waals surface area contributed by atoms with Crippen LogP contribution in [0.3, 0.4) is 0 Å². The van der Waals surface area contributed by atoms with E-state index in [4.69, 9.17) is 0 Å². The maximum atomic E-state index is 3.83. The number of fused-ring (bicyclic) bond motifs is 10. The summed E-state index contributed by atoms with van der Waals surface area (Å²) in [6.07, 6.45) is 0. The lowest BCUT2D eigenvalue weighted by atomic mass is 9.70. The summed E-state index contributed by atoms with van der Waals surface area (Å²) in [6, 6.07) is 42.5. The van der Waals surface area contributed by atoms with Gasteiger partial charge in [-0.1, -0.05) is 118 Å². The van der Waals surface area contributed by atoms with Crippen LogP contribution in [0.4, 0.5) is 11.4 Å². The third kappa shape index (κ3) is 2.77. The van der Waals surface area contributed by atoms with E-state index in [1.54, 1.807) is 0 Å². The minimum absolute atomic E-state index is 0.134. The van der Waals surface area contributed by atoms with E-state index in [1.165, 1.54) is 55.8 Å². The van der Waals surface area contributed by atoms with Gasteiger partial charge in [0.2, 0.25) is 0 Å². The summed E-state index contributed by atoms with van der Waals surface area (Å²) in [5.41, 5.74) is 14.2. The molecule has 0 amide bonds. The van der Waals surface area contributed by atoms with Gasteiger partial charge in [0.05, 0.1) is 5.41 Å². The van der Waals surface area contributed by atoms with Crippen molar-refractivity contribution in [3.05, 3.63) is 143 Å². The first kappa shape index (κ1) is 21.2. The Labute approximate surface area is 213 Å². The molecule has 5 aromatic carbocycles. The normalized spacial score (nSPS) is 14.2. The highest BCUT2D eigenvalue weighted by atomic mass is 14.9.